The number of para-hydroxylation sites is 1. The zero-order valence-corrected chi connectivity index (χ0v) is 10.3. The summed E-state index contributed by atoms with van der Waals surface area (Å²) in [6, 6.07) is 9.97. The number of pyridine rings is 1. The number of rotatable bonds is 4. The SMILES string of the molecule is Nc1cccc2oc(NCCc3cccnc3)nc12. The van der Waals surface area contributed by atoms with Gasteiger partial charge >= 0.3 is 0 Å². The van der Waals surface area contributed by atoms with Gasteiger partial charge in [0, 0.05) is 18.9 Å². The van der Waals surface area contributed by atoms with Gasteiger partial charge in [-0.25, -0.2) is 0 Å². The second-order valence-electron chi connectivity index (χ2n) is 4.25. The summed E-state index contributed by atoms with van der Waals surface area (Å²) in [4.78, 5) is 8.40. The molecule has 19 heavy (non-hydrogen) atoms. The lowest BCUT2D eigenvalue weighted by Gasteiger charge is -2.00. The summed E-state index contributed by atoms with van der Waals surface area (Å²) in [6.45, 7) is 0.735. The fourth-order valence-electron chi connectivity index (χ4n) is 1.91. The van der Waals surface area contributed by atoms with Gasteiger partial charge in [-0.3, -0.25) is 4.98 Å². The summed E-state index contributed by atoms with van der Waals surface area (Å²) in [6.07, 6.45) is 4.48. The van der Waals surface area contributed by atoms with Crippen LogP contribution in [0.1, 0.15) is 5.56 Å². The van der Waals surface area contributed by atoms with E-state index in [1.54, 1.807) is 6.20 Å². The molecule has 96 valence electrons. The first-order chi connectivity index (χ1) is 9.33. The lowest BCUT2D eigenvalue weighted by atomic mass is 10.2. The van der Waals surface area contributed by atoms with Crippen molar-refractivity contribution in [2.45, 2.75) is 6.42 Å². The maximum Gasteiger partial charge on any atom is 0.295 e. The van der Waals surface area contributed by atoms with E-state index in [0.29, 0.717) is 22.8 Å². The zero-order chi connectivity index (χ0) is 13.1. The molecule has 3 rings (SSSR count). The van der Waals surface area contributed by atoms with Gasteiger partial charge in [-0.15, -0.1) is 0 Å². The first-order valence-electron chi connectivity index (χ1n) is 6.11. The molecule has 2 heterocycles. The predicted octanol–water partition coefficient (Wildman–Crippen LogP) is 2.46. The first kappa shape index (κ1) is 11.5. The van der Waals surface area contributed by atoms with E-state index in [-0.39, 0.29) is 0 Å². The van der Waals surface area contributed by atoms with Gasteiger partial charge in [0.2, 0.25) is 0 Å². The van der Waals surface area contributed by atoms with Gasteiger partial charge in [-0.05, 0) is 30.2 Å². The Hall–Kier alpha value is -2.56. The molecule has 1 aromatic carbocycles. The molecule has 0 fully saturated rings. The second-order valence-corrected chi connectivity index (χ2v) is 4.25. The highest BCUT2D eigenvalue weighted by atomic mass is 16.4. The van der Waals surface area contributed by atoms with E-state index < -0.39 is 0 Å². The lowest BCUT2D eigenvalue weighted by molar-refractivity contribution is 0.614. The van der Waals surface area contributed by atoms with Gasteiger partial charge < -0.3 is 15.5 Å². The molecule has 0 amide bonds. The Morgan fingerprint density at radius 1 is 1.21 bits per heavy atom. The molecule has 2 aromatic heterocycles. The number of nitrogens with two attached hydrogens (primary N) is 1. The topological polar surface area (TPSA) is 77.0 Å². The van der Waals surface area contributed by atoms with Crippen LogP contribution < -0.4 is 11.1 Å². The minimum absolute atomic E-state index is 0.497. The molecule has 0 bridgehead atoms. The van der Waals surface area contributed by atoms with Crippen LogP contribution in [0.5, 0.6) is 0 Å². The predicted molar refractivity (Wildman–Crippen MR) is 74.9 cm³/mol. The summed E-state index contributed by atoms with van der Waals surface area (Å²) in [5, 5.41) is 3.15. The molecule has 3 N–H and O–H groups in total. The van der Waals surface area contributed by atoms with Gasteiger partial charge in [0.05, 0.1) is 5.69 Å². The van der Waals surface area contributed by atoms with Crippen molar-refractivity contribution < 1.29 is 4.42 Å². The number of hydrogen-bond acceptors (Lipinski definition) is 5. The van der Waals surface area contributed by atoms with Crippen molar-refractivity contribution in [2.24, 2.45) is 0 Å². The molecule has 0 aliphatic heterocycles. The van der Waals surface area contributed by atoms with Crippen LogP contribution in [0.15, 0.2) is 47.1 Å². The summed E-state index contributed by atoms with van der Waals surface area (Å²) in [5.74, 6) is 0. The molecule has 5 heteroatoms. The molecule has 0 saturated carbocycles. The number of aromatic nitrogens is 2. The van der Waals surface area contributed by atoms with E-state index >= 15 is 0 Å². The van der Waals surface area contributed by atoms with E-state index in [2.05, 4.69) is 15.3 Å². The van der Waals surface area contributed by atoms with Gasteiger partial charge in [-0.2, -0.15) is 4.98 Å². The monoisotopic (exact) mass is 254 g/mol. The fourth-order valence-corrected chi connectivity index (χ4v) is 1.91. The third-order valence-corrected chi connectivity index (χ3v) is 2.86. The smallest absolute Gasteiger partial charge is 0.295 e. The van der Waals surface area contributed by atoms with Crippen LogP contribution in [-0.4, -0.2) is 16.5 Å². The number of nitrogens with zero attached hydrogens (tertiary/aromatic N) is 2. The van der Waals surface area contributed by atoms with Crippen molar-refractivity contribution in [1.29, 1.82) is 0 Å². The molecule has 5 nitrogen and oxygen atoms in total. The third kappa shape index (κ3) is 2.49. The molecule has 0 saturated heterocycles. The van der Waals surface area contributed by atoms with Crippen LogP contribution in [0.3, 0.4) is 0 Å². The van der Waals surface area contributed by atoms with Crippen LogP contribution in [0.4, 0.5) is 11.7 Å². The Labute approximate surface area is 110 Å². The Balaban J connectivity index is 1.67. The molecular formula is C14H14N4O. The Kier molecular flexibility index (Phi) is 3.02. The number of hydrogen-bond donors (Lipinski definition) is 2. The number of oxazole rings is 1. The highest BCUT2D eigenvalue weighted by molar-refractivity contribution is 5.86. The molecule has 3 aromatic rings. The van der Waals surface area contributed by atoms with E-state index in [1.165, 1.54) is 5.56 Å². The third-order valence-electron chi connectivity index (χ3n) is 2.86. The number of nitrogen functional groups attached to an aromatic ring is 1. The maximum atomic E-state index is 5.83. The second kappa shape index (κ2) is 4.97. The van der Waals surface area contributed by atoms with Gasteiger partial charge in [-0.1, -0.05) is 12.1 Å². The number of benzene rings is 1. The van der Waals surface area contributed by atoms with Crippen molar-refractivity contribution in [3.63, 3.8) is 0 Å². The largest absolute Gasteiger partial charge is 0.423 e. The van der Waals surface area contributed by atoms with Crippen LogP contribution >= 0.6 is 0 Å². The van der Waals surface area contributed by atoms with E-state index in [9.17, 15) is 0 Å². The van der Waals surface area contributed by atoms with Crippen LogP contribution in [0.25, 0.3) is 11.1 Å². The van der Waals surface area contributed by atoms with Crippen LogP contribution in [0, 0.1) is 0 Å². The van der Waals surface area contributed by atoms with Gasteiger partial charge in [0.15, 0.2) is 5.58 Å². The van der Waals surface area contributed by atoms with Crippen LogP contribution in [0.2, 0.25) is 0 Å². The molecule has 0 unspecified atom stereocenters. The van der Waals surface area contributed by atoms with Gasteiger partial charge in [0.25, 0.3) is 6.01 Å². The Morgan fingerprint density at radius 3 is 2.95 bits per heavy atom. The summed E-state index contributed by atoms with van der Waals surface area (Å²) in [5.41, 5.74) is 9.03. The van der Waals surface area contributed by atoms with Crippen molar-refractivity contribution >= 4 is 22.8 Å². The summed E-state index contributed by atoms with van der Waals surface area (Å²) >= 11 is 0. The average molecular weight is 254 g/mol. The molecule has 0 aliphatic carbocycles. The average Bonchev–Trinajstić information content (AvgIpc) is 2.84. The fraction of sp³-hybridized carbons (Fsp3) is 0.143. The Bertz CT molecular complexity index is 678. The van der Waals surface area contributed by atoms with Crippen molar-refractivity contribution in [3.8, 4) is 0 Å². The van der Waals surface area contributed by atoms with Crippen LogP contribution in [-0.2, 0) is 6.42 Å². The molecule has 0 aliphatic rings. The quantitative estimate of drug-likeness (QED) is 0.699. The molecule has 0 radical (unpaired) electrons. The highest BCUT2D eigenvalue weighted by Gasteiger charge is 2.07. The Morgan fingerprint density at radius 2 is 2.16 bits per heavy atom. The number of fused-ring (bicyclic) bond motifs is 1. The van der Waals surface area contributed by atoms with E-state index in [0.717, 1.165) is 13.0 Å². The summed E-state index contributed by atoms with van der Waals surface area (Å²) in [7, 11) is 0. The number of nitrogens with one attached hydrogen (secondary N) is 1. The minimum Gasteiger partial charge on any atom is -0.423 e. The standard InChI is InChI=1S/C14H14N4O/c15-11-4-1-5-12-13(11)18-14(19-12)17-8-6-10-3-2-7-16-9-10/h1-5,7,9H,6,8,15H2,(H,17,18). The maximum absolute atomic E-state index is 5.83. The molecular weight excluding hydrogens is 240 g/mol. The van der Waals surface area contributed by atoms with Crippen molar-refractivity contribution in [1.82, 2.24) is 9.97 Å². The first-order valence-corrected chi connectivity index (χ1v) is 6.11. The van der Waals surface area contributed by atoms with Crippen molar-refractivity contribution in [2.75, 3.05) is 17.6 Å². The molecule has 0 spiro atoms. The highest BCUT2D eigenvalue weighted by Crippen LogP contribution is 2.23. The normalized spacial score (nSPS) is 10.7. The van der Waals surface area contributed by atoms with E-state index in [4.69, 9.17) is 10.2 Å². The van der Waals surface area contributed by atoms with E-state index in [1.807, 2.05) is 36.5 Å². The van der Waals surface area contributed by atoms with Crippen molar-refractivity contribution in [3.05, 3.63) is 48.3 Å². The zero-order valence-electron chi connectivity index (χ0n) is 10.3. The number of anilines is 2. The lowest BCUT2D eigenvalue weighted by Crippen LogP contribution is -2.05. The minimum atomic E-state index is 0.497. The summed E-state index contributed by atoms with van der Waals surface area (Å²) < 4.78 is 5.57. The molecule has 0 atom stereocenters. The van der Waals surface area contributed by atoms with Gasteiger partial charge in [0.1, 0.15) is 5.52 Å².